The Hall–Kier alpha value is -2.87. The molecular formula is C22H33N7O. The lowest BCUT2D eigenvalue weighted by molar-refractivity contribution is -0.120. The van der Waals surface area contributed by atoms with Crippen LogP contribution in [0.15, 0.2) is 41.7 Å². The smallest absolute Gasteiger partial charge is 0.246 e. The Morgan fingerprint density at radius 1 is 1.27 bits per heavy atom. The zero-order valence-electron chi connectivity index (χ0n) is 18.7. The number of benzene rings is 1. The molecule has 0 atom stereocenters. The largest absolute Gasteiger partial charge is 0.352 e. The van der Waals surface area contributed by atoms with E-state index in [-0.39, 0.29) is 5.91 Å². The molecule has 162 valence electrons. The fourth-order valence-corrected chi connectivity index (χ4v) is 3.52. The number of guanidine groups is 1. The summed E-state index contributed by atoms with van der Waals surface area (Å²) in [5.41, 5.74) is 3.38. The monoisotopic (exact) mass is 411 g/mol. The highest BCUT2D eigenvalue weighted by Gasteiger charge is 2.27. The summed E-state index contributed by atoms with van der Waals surface area (Å²) < 4.78 is 1.71. The van der Waals surface area contributed by atoms with E-state index in [1.807, 2.05) is 18.1 Å². The second-order valence-corrected chi connectivity index (χ2v) is 8.02. The molecule has 0 spiro atoms. The van der Waals surface area contributed by atoms with E-state index in [1.165, 1.54) is 11.1 Å². The molecule has 1 aromatic heterocycles. The van der Waals surface area contributed by atoms with E-state index in [2.05, 4.69) is 65.5 Å². The lowest BCUT2D eigenvalue weighted by Gasteiger charge is -2.35. The maximum atomic E-state index is 12.7. The van der Waals surface area contributed by atoms with Crippen LogP contribution in [0.3, 0.4) is 0 Å². The minimum atomic E-state index is 0.0520. The molecule has 1 amide bonds. The first-order valence-electron chi connectivity index (χ1n) is 10.4. The predicted octanol–water partition coefficient (Wildman–Crippen LogP) is 1.68. The van der Waals surface area contributed by atoms with E-state index >= 15 is 0 Å². The first-order chi connectivity index (χ1) is 14.4. The highest BCUT2D eigenvalue weighted by atomic mass is 16.2. The Morgan fingerprint density at radius 2 is 2.00 bits per heavy atom. The van der Waals surface area contributed by atoms with Gasteiger partial charge < -0.3 is 15.1 Å². The van der Waals surface area contributed by atoms with E-state index in [0.29, 0.717) is 25.7 Å². The van der Waals surface area contributed by atoms with Crippen molar-refractivity contribution in [3.8, 4) is 0 Å². The van der Waals surface area contributed by atoms with Crippen LogP contribution in [0.4, 0.5) is 5.69 Å². The molecule has 1 aromatic carbocycles. The zero-order chi connectivity index (χ0) is 21.7. The summed E-state index contributed by atoms with van der Waals surface area (Å²) in [6.45, 7) is 7.60. The second kappa shape index (κ2) is 9.75. The van der Waals surface area contributed by atoms with Crippen molar-refractivity contribution in [1.29, 1.82) is 0 Å². The van der Waals surface area contributed by atoms with Crippen LogP contribution in [-0.2, 0) is 24.9 Å². The van der Waals surface area contributed by atoms with Gasteiger partial charge in [-0.25, -0.2) is 0 Å². The first kappa shape index (κ1) is 21.8. The molecule has 0 bridgehead atoms. The molecule has 30 heavy (non-hydrogen) atoms. The molecular weight excluding hydrogens is 378 g/mol. The second-order valence-electron chi connectivity index (χ2n) is 8.02. The Kier molecular flexibility index (Phi) is 7.10. The van der Waals surface area contributed by atoms with E-state index < -0.39 is 0 Å². The van der Waals surface area contributed by atoms with Gasteiger partial charge in [0, 0.05) is 52.5 Å². The van der Waals surface area contributed by atoms with Crippen LogP contribution in [-0.4, -0.2) is 71.2 Å². The number of amides is 1. The molecule has 0 aliphatic carbocycles. The summed E-state index contributed by atoms with van der Waals surface area (Å²) in [4.78, 5) is 23.2. The van der Waals surface area contributed by atoms with Crippen molar-refractivity contribution >= 4 is 17.6 Å². The van der Waals surface area contributed by atoms with Crippen molar-refractivity contribution in [2.75, 3.05) is 38.6 Å². The number of anilines is 1. The van der Waals surface area contributed by atoms with Crippen LogP contribution in [0.2, 0.25) is 0 Å². The maximum absolute atomic E-state index is 12.7. The Morgan fingerprint density at radius 3 is 2.60 bits per heavy atom. The third-order valence-corrected chi connectivity index (χ3v) is 5.59. The van der Waals surface area contributed by atoms with Gasteiger partial charge in [-0.1, -0.05) is 24.3 Å². The fourth-order valence-electron chi connectivity index (χ4n) is 3.52. The van der Waals surface area contributed by atoms with E-state index in [0.717, 1.165) is 24.7 Å². The summed E-state index contributed by atoms with van der Waals surface area (Å²) >= 11 is 0. The maximum Gasteiger partial charge on any atom is 0.246 e. The summed E-state index contributed by atoms with van der Waals surface area (Å²) in [7, 11) is 5.76. The van der Waals surface area contributed by atoms with Crippen molar-refractivity contribution in [2.24, 2.45) is 12.0 Å². The number of aliphatic imine (C=N–C) groups is 1. The number of hydrogen-bond acceptors (Lipinski definition) is 4. The van der Waals surface area contributed by atoms with E-state index in [4.69, 9.17) is 0 Å². The molecule has 8 heteroatoms. The van der Waals surface area contributed by atoms with Crippen molar-refractivity contribution < 1.29 is 4.79 Å². The van der Waals surface area contributed by atoms with Crippen LogP contribution in [0.5, 0.6) is 0 Å². The lowest BCUT2D eigenvalue weighted by Crippen LogP contribution is -2.55. The van der Waals surface area contributed by atoms with Crippen LogP contribution in [0, 0.1) is 0 Å². The third-order valence-electron chi connectivity index (χ3n) is 5.59. The number of nitrogens with zero attached hydrogens (tertiary/aromatic N) is 6. The third kappa shape index (κ3) is 5.18. The molecule has 1 N–H and O–H groups in total. The molecule has 0 unspecified atom stereocenters. The van der Waals surface area contributed by atoms with Crippen LogP contribution in [0.1, 0.15) is 25.0 Å². The highest BCUT2D eigenvalue weighted by molar-refractivity contribution is 5.98. The summed E-state index contributed by atoms with van der Waals surface area (Å²) in [5, 5.41) is 7.62. The highest BCUT2D eigenvalue weighted by Crippen LogP contribution is 2.17. The van der Waals surface area contributed by atoms with Crippen LogP contribution >= 0.6 is 0 Å². The number of hydrogen-bond donors (Lipinski definition) is 1. The van der Waals surface area contributed by atoms with Gasteiger partial charge in [0.25, 0.3) is 0 Å². The van der Waals surface area contributed by atoms with Crippen molar-refractivity contribution in [2.45, 2.75) is 33.0 Å². The number of carbonyl (C=O) groups is 1. The van der Waals surface area contributed by atoms with Gasteiger partial charge in [0.2, 0.25) is 5.91 Å². The molecule has 1 aliphatic rings. The molecule has 3 rings (SSSR count). The molecule has 1 saturated heterocycles. The molecule has 1 aliphatic heterocycles. The Bertz CT molecular complexity index is 889. The SMILES string of the molecule is CN=C(NCc1ccccc1CN(C)C(C)C)N1CCN(c2cnn(C)c2)C(=O)C1. The minimum absolute atomic E-state index is 0.0520. The average Bonchev–Trinajstić information content (AvgIpc) is 3.15. The number of nitrogens with one attached hydrogen (secondary N) is 1. The number of aromatic nitrogens is 2. The summed E-state index contributed by atoms with van der Waals surface area (Å²) in [6.07, 6.45) is 3.59. The number of carbonyl (C=O) groups excluding carboxylic acids is 1. The molecule has 8 nitrogen and oxygen atoms in total. The van der Waals surface area contributed by atoms with Crippen molar-refractivity contribution in [3.63, 3.8) is 0 Å². The molecule has 2 heterocycles. The number of piperazine rings is 1. The molecule has 1 fully saturated rings. The van der Waals surface area contributed by atoms with Crippen LogP contribution < -0.4 is 10.2 Å². The number of rotatable bonds is 6. The van der Waals surface area contributed by atoms with Gasteiger partial charge in [-0.3, -0.25) is 19.4 Å². The molecule has 0 saturated carbocycles. The number of aryl methyl sites for hydroxylation is 1. The van der Waals surface area contributed by atoms with Gasteiger partial charge >= 0.3 is 0 Å². The van der Waals surface area contributed by atoms with Crippen molar-refractivity contribution in [1.82, 2.24) is 24.9 Å². The Balaban J connectivity index is 1.61. The van der Waals surface area contributed by atoms with Gasteiger partial charge in [-0.15, -0.1) is 0 Å². The molecule has 2 aromatic rings. The normalized spacial score (nSPS) is 15.4. The van der Waals surface area contributed by atoms with Crippen molar-refractivity contribution in [3.05, 3.63) is 47.8 Å². The Labute approximate surface area is 179 Å². The van der Waals surface area contributed by atoms with Gasteiger partial charge in [0.15, 0.2) is 5.96 Å². The lowest BCUT2D eigenvalue weighted by atomic mass is 10.1. The van der Waals surface area contributed by atoms with Gasteiger partial charge in [0.05, 0.1) is 11.9 Å². The topological polar surface area (TPSA) is 69.0 Å². The van der Waals surface area contributed by atoms with Crippen LogP contribution in [0.25, 0.3) is 0 Å². The van der Waals surface area contributed by atoms with Gasteiger partial charge in [0.1, 0.15) is 6.54 Å². The quantitative estimate of drug-likeness (QED) is 0.579. The fraction of sp³-hybridized carbons (Fsp3) is 0.500. The minimum Gasteiger partial charge on any atom is -0.352 e. The van der Waals surface area contributed by atoms with Gasteiger partial charge in [-0.2, -0.15) is 5.10 Å². The van der Waals surface area contributed by atoms with Gasteiger partial charge in [-0.05, 0) is 32.0 Å². The molecule has 0 radical (unpaired) electrons. The van der Waals surface area contributed by atoms with E-state index in [9.17, 15) is 4.79 Å². The summed E-state index contributed by atoms with van der Waals surface area (Å²) in [5.74, 6) is 0.803. The average molecular weight is 412 g/mol. The first-order valence-corrected chi connectivity index (χ1v) is 10.4. The predicted molar refractivity (Wildman–Crippen MR) is 120 cm³/mol. The van der Waals surface area contributed by atoms with E-state index in [1.54, 1.807) is 22.8 Å². The standard InChI is InChI=1S/C22H33N7O/c1-17(2)26(4)14-19-9-7-6-8-18(19)12-24-22(23-3)28-10-11-29(21(30)16-28)20-13-25-27(5)15-20/h6-9,13,15,17H,10-12,14,16H2,1-5H3,(H,23,24). The summed E-state index contributed by atoms with van der Waals surface area (Å²) in [6, 6.07) is 8.96. The zero-order valence-corrected chi connectivity index (χ0v) is 18.7.